The van der Waals surface area contributed by atoms with Crippen LogP contribution in [0.3, 0.4) is 0 Å². The maximum absolute atomic E-state index is 12.5. The molecule has 0 aromatic carbocycles. The van der Waals surface area contributed by atoms with Gasteiger partial charge >= 0.3 is 11.7 Å². The molecule has 5 nitrogen and oxygen atoms in total. The molecule has 12 heteroatoms. The van der Waals surface area contributed by atoms with Crippen molar-refractivity contribution in [2.75, 3.05) is 23.0 Å². The third-order valence-corrected chi connectivity index (χ3v) is 2.54. The summed E-state index contributed by atoms with van der Waals surface area (Å²) in [4.78, 5) is 6.25. The zero-order valence-electron chi connectivity index (χ0n) is 9.64. The van der Waals surface area contributed by atoms with Crippen molar-refractivity contribution < 1.29 is 26.3 Å². The lowest BCUT2D eigenvalue weighted by Crippen LogP contribution is -2.18. The molecule has 1 rings (SSSR count). The number of rotatable bonds is 5. The Morgan fingerprint density at radius 3 is 2.20 bits per heavy atom. The predicted molar refractivity (Wildman–Crippen MR) is 61.8 cm³/mol. The number of alkyl halides is 6. The second-order valence-corrected chi connectivity index (χ2v) is 4.48. The highest BCUT2D eigenvalue weighted by molar-refractivity contribution is 8.00. The summed E-state index contributed by atoms with van der Waals surface area (Å²) in [5, 5.41) is 2.34. The molecule has 0 aliphatic carbocycles. The number of aromatic nitrogens is 2. The van der Waals surface area contributed by atoms with Crippen LogP contribution in [-0.2, 0) is 6.18 Å². The zero-order chi connectivity index (χ0) is 15.4. The minimum absolute atomic E-state index is 0.220. The van der Waals surface area contributed by atoms with Gasteiger partial charge in [-0.05, 0) is 11.8 Å². The van der Waals surface area contributed by atoms with Crippen molar-refractivity contribution in [1.29, 1.82) is 0 Å². The molecule has 0 saturated heterocycles. The Bertz CT molecular complexity index is 448. The fourth-order valence-electron chi connectivity index (χ4n) is 1.08. The molecule has 0 spiro atoms. The fraction of sp³-hybridized carbons (Fsp3) is 0.500. The van der Waals surface area contributed by atoms with Gasteiger partial charge in [0, 0.05) is 18.4 Å². The summed E-state index contributed by atoms with van der Waals surface area (Å²) < 4.78 is 72.9. The largest absolute Gasteiger partial charge is 0.451 e. The van der Waals surface area contributed by atoms with Gasteiger partial charge < -0.3 is 10.7 Å². The number of anilines is 2. The van der Waals surface area contributed by atoms with Crippen LogP contribution >= 0.6 is 11.8 Å². The van der Waals surface area contributed by atoms with Crippen LogP contribution in [0.15, 0.2) is 6.07 Å². The molecule has 0 aliphatic rings. The van der Waals surface area contributed by atoms with E-state index in [1.165, 1.54) is 0 Å². The zero-order valence-corrected chi connectivity index (χ0v) is 10.5. The predicted octanol–water partition coefficient (Wildman–Crippen LogP) is 2.45. The molecule has 0 unspecified atom stereocenters. The minimum Gasteiger partial charge on any atom is -0.369 e. The van der Waals surface area contributed by atoms with Crippen LogP contribution < -0.4 is 16.6 Å². The second kappa shape index (κ2) is 6.35. The SMILES string of the molecule is NNc1cc(NCCSC(F)(F)F)nc(C(F)(F)F)n1. The Morgan fingerprint density at radius 1 is 1.10 bits per heavy atom. The standard InChI is InChI=1S/C8H9F6N5S/c9-7(10,11)6-17-4(3-5(18-6)19-15)16-1-2-20-8(12,13)14/h3H,1-2,15H2,(H2,16,17,18,19). The third kappa shape index (κ3) is 5.69. The Morgan fingerprint density at radius 2 is 1.70 bits per heavy atom. The van der Waals surface area contributed by atoms with E-state index in [1.807, 2.05) is 5.43 Å². The van der Waals surface area contributed by atoms with Gasteiger partial charge in [-0.1, -0.05) is 0 Å². The quantitative estimate of drug-likeness (QED) is 0.335. The summed E-state index contributed by atoms with van der Waals surface area (Å²) in [6, 6.07) is 1.05. The molecule has 1 aromatic rings. The summed E-state index contributed by atoms with van der Waals surface area (Å²) in [5.74, 6) is 2.55. The van der Waals surface area contributed by atoms with E-state index in [2.05, 4.69) is 15.3 Å². The number of hydrogen-bond donors (Lipinski definition) is 3. The van der Waals surface area contributed by atoms with Gasteiger partial charge in [0.2, 0.25) is 5.82 Å². The lowest BCUT2D eigenvalue weighted by molar-refractivity contribution is -0.144. The van der Waals surface area contributed by atoms with E-state index in [4.69, 9.17) is 5.84 Å². The molecule has 1 aromatic heterocycles. The number of thioether (sulfide) groups is 1. The molecule has 0 atom stereocenters. The molecule has 1 heterocycles. The van der Waals surface area contributed by atoms with Crippen molar-refractivity contribution in [3.8, 4) is 0 Å². The maximum Gasteiger partial charge on any atom is 0.451 e. The molecule has 0 radical (unpaired) electrons. The van der Waals surface area contributed by atoms with Gasteiger partial charge in [-0.3, -0.25) is 0 Å². The van der Waals surface area contributed by atoms with E-state index in [0.717, 1.165) is 6.07 Å². The lowest BCUT2D eigenvalue weighted by Gasteiger charge is -2.11. The van der Waals surface area contributed by atoms with Gasteiger partial charge in [0.15, 0.2) is 0 Å². The first-order chi connectivity index (χ1) is 9.12. The van der Waals surface area contributed by atoms with Crippen LogP contribution in [0.1, 0.15) is 5.82 Å². The van der Waals surface area contributed by atoms with Gasteiger partial charge in [0.05, 0.1) is 0 Å². The second-order valence-electron chi connectivity index (χ2n) is 3.33. The van der Waals surface area contributed by atoms with E-state index in [-0.39, 0.29) is 35.7 Å². The summed E-state index contributed by atoms with van der Waals surface area (Å²) in [5.41, 5.74) is -2.48. The monoisotopic (exact) mass is 321 g/mol. The number of halogens is 6. The van der Waals surface area contributed by atoms with Crippen molar-refractivity contribution in [2.24, 2.45) is 5.84 Å². The highest BCUT2D eigenvalue weighted by atomic mass is 32.2. The molecule has 20 heavy (non-hydrogen) atoms. The minimum atomic E-state index is -4.79. The Kier molecular flexibility index (Phi) is 5.28. The molecule has 0 amide bonds. The summed E-state index contributed by atoms with van der Waals surface area (Å²) in [6.07, 6.45) is -4.79. The number of nitrogens with one attached hydrogen (secondary N) is 2. The Labute approximate surface area is 113 Å². The Balaban J connectivity index is 2.70. The van der Waals surface area contributed by atoms with E-state index in [0.29, 0.717) is 0 Å². The first kappa shape index (κ1) is 16.6. The lowest BCUT2D eigenvalue weighted by atomic mass is 10.4. The van der Waals surface area contributed by atoms with Gasteiger partial charge in [0.25, 0.3) is 0 Å². The van der Waals surface area contributed by atoms with E-state index >= 15 is 0 Å². The number of nitrogens with two attached hydrogens (primary N) is 1. The number of hydrazine groups is 1. The summed E-state index contributed by atoms with van der Waals surface area (Å²) in [7, 11) is 0. The average Bonchev–Trinajstić information content (AvgIpc) is 2.32. The first-order valence-electron chi connectivity index (χ1n) is 4.99. The normalized spacial score (nSPS) is 12.3. The van der Waals surface area contributed by atoms with Crippen molar-refractivity contribution in [2.45, 2.75) is 11.7 Å². The van der Waals surface area contributed by atoms with Gasteiger partial charge in [-0.25, -0.2) is 15.8 Å². The van der Waals surface area contributed by atoms with E-state index in [1.54, 1.807) is 0 Å². The van der Waals surface area contributed by atoms with Crippen molar-refractivity contribution in [3.05, 3.63) is 11.9 Å². The van der Waals surface area contributed by atoms with Gasteiger partial charge in [-0.2, -0.15) is 26.3 Å². The summed E-state index contributed by atoms with van der Waals surface area (Å²) in [6.45, 7) is -0.220. The maximum atomic E-state index is 12.5. The molecule has 4 N–H and O–H groups in total. The molecule has 0 fully saturated rings. The van der Waals surface area contributed by atoms with Gasteiger partial charge in [-0.15, -0.1) is 0 Å². The highest BCUT2D eigenvalue weighted by Crippen LogP contribution is 2.30. The Hall–Kier alpha value is -1.43. The topological polar surface area (TPSA) is 75.9 Å². The van der Waals surface area contributed by atoms with Crippen molar-refractivity contribution in [1.82, 2.24) is 9.97 Å². The summed E-state index contributed by atoms with van der Waals surface area (Å²) >= 11 is -0.296. The van der Waals surface area contributed by atoms with E-state index < -0.39 is 17.5 Å². The molecule has 0 aliphatic heterocycles. The molecule has 0 bridgehead atoms. The number of nitrogen functional groups attached to an aromatic ring is 1. The van der Waals surface area contributed by atoms with Crippen LogP contribution in [0.2, 0.25) is 0 Å². The van der Waals surface area contributed by atoms with Gasteiger partial charge in [0.1, 0.15) is 11.6 Å². The fourth-order valence-corrected chi connectivity index (χ4v) is 1.52. The van der Waals surface area contributed by atoms with Crippen molar-refractivity contribution >= 4 is 23.4 Å². The average molecular weight is 321 g/mol. The smallest absolute Gasteiger partial charge is 0.369 e. The third-order valence-electron chi connectivity index (χ3n) is 1.80. The van der Waals surface area contributed by atoms with Crippen LogP contribution in [0.4, 0.5) is 38.0 Å². The number of hydrogen-bond acceptors (Lipinski definition) is 6. The molecular weight excluding hydrogens is 312 g/mol. The van der Waals surface area contributed by atoms with E-state index in [9.17, 15) is 26.3 Å². The molecule has 114 valence electrons. The molecule has 0 saturated carbocycles. The van der Waals surface area contributed by atoms with Crippen LogP contribution in [0.25, 0.3) is 0 Å². The molecular formula is C8H9F6N5S. The van der Waals surface area contributed by atoms with Crippen LogP contribution in [0, 0.1) is 0 Å². The number of nitrogens with zero attached hydrogens (tertiary/aromatic N) is 2. The van der Waals surface area contributed by atoms with Crippen LogP contribution in [0.5, 0.6) is 0 Å². The van der Waals surface area contributed by atoms with Crippen molar-refractivity contribution in [3.63, 3.8) is 0 Å². The highest BCUT2D eigenvalue weighted by Gasteiger charge is 2.35. The first-order valence-corrected chi connectivity index (χ1v) is 5.98. The van der Waals surface area contributed by atoms with Crippen LogP contribution in [-0.4, -0.2) is 27.8 Å².